The molecule has 0 unspecified atom stereocenters. The third kappa shape index (κ3) is 4.54. The van der Waals surface area contributed by atoms with E-state index >= 15 is 0 Å². The van der Waals surface area contributed by atoms with Crippen molar-refractivity contribution in [3.63, 3.8) is 0 Å². The van der Waals surface area contributed by atoms with E-state index in [-0.39, 0.29) is 5.91 Å². The number of carbonyl (C=O) groups is 1. The molecule has 1 saturated heterocycles. The van der Waals surface area contributed by atoms with Crippen molar-refractivity contribution in [2.24, 2.45) is 0 Å². The minimum absolute atomic E-state index is 0.133. The fraction of sp³-hybridized carbons (Fsp3) is 0.111. The van der Waals surface area contributed by atoms with Crippen molar-refractivity contribution < 1.29 is 9.53 Å². The molecule has 0 atom stereocenters. The average molecular weight is 536 g/mol. The fourth-order valence-corrected chi connectivity index (χ4v) is 4.39. The van der Waals surface area contributed by atoms with Crippen molar-refractivity contribution >= 4 is 86.1 Å². The lowest BCUT2D eigenvalue weighted by molar-refractivity contribution is -0.121. The van der Waals surface area contributed by atoms with E-state index in [2.05, 4.69) is 22.6 Å². The molecule has 8 heteroatoms. The first-order valence-corrected chi connectivity index (χ1v) is 10.5. The second-order valence-corrected chi connectivity index (χ2v) is 9.21. The summed E-state index contributed by atoms with van der Waals surface area (Å²) in [5.74, 6) is 0.290. The number of thioether (sulfide) groups is 1. The Bertz CT molecular complexity index is 893. The number of carbonyl (C=O) groups excluding carboxylic acids is 1. The zero-order valence-electron chi connectivity index (χ0n) is 13.5. The topological polar surface area (TPSA) is 29.5 Å². The van der Waals surface area contributed by atoms with Gasteiger partial charge < -0.3 is 4.74 Å². The Labute approximate surface area is 184 Å². The number of hydrogen-bond acceptors (Lipinski definition) is 4. The molecular formula is C18H12Cl2INO2S2. The summed E-state index contributed by atoms with van der Waals surface area (Å²) in [5, 5.41) is 0.780. The van der Waals surface area contributed by atoms with Gasteiger partial charge >= 0.3 is 0 Å². The number of nitrogens with zero attached hydrogens (tertiary/aromatic N) is 1. The monoisotopic (exact) mass is 535 g/mol. The van der Waals surface area contributed by atoms with Gasteiger partial charge in [0.1, 0.15) is 10.9 Å². The second-order valence-electron chi connectivity index (χ2n) is 5.47. The molecule has 0 bridgehead atoms. The van der Waals surface area contributed by atoms with Crippen LogP contribution in [0.5, 0.6) is 5.75 Å². The molecule has 26 heavy (non-hydrogen) atoms. The lowest BCUT2D eigenvalue weighted by atomic mass is 10.2. The number of thiocarbonyl (C=S) groups is 1. The van der Waals surface area contributed by atoms with Crippen molar-refractivity contribution in [3.8, 4) is 5.75 Å². The SMILES string of the molecule is CN1C(=O)/C(=C/c2cc(Cl)c(OCc3ccc(I)cc3)c(Cl)c2)SC1=S. The van der Waals surface area contributed by atoms with Crippen LogP contribution in [-0.2, 0) is 11.4 Å². The van der Waals surface area contributed by atoms with Crippen LogP contribution in [0.4, 0.5) is 0 Å². The summed E-state index contributed by atoms with van der Waals surface area (Å²) in [6.45, 7) is 0.365. The smallest absolute Gasteiger partial charge is 0.265 e. The van der Waals surface area contributed by atoms with E-state index in [1.165, 1.54) is 16.7 Å². The second kappa shape index (κ2) is 8.48. The third-order valence-corrected chi connectivity index (χ3v) is 6.37. The summed E-state index contributed by atoms with van der Waals surface area (Å²) < 4.78 is 7.47. The normalized spacial score (nSPS) is 15.8. The Hall–Kier alpha value is -0.800. The van der Waals surface area contributed by atoms with Gasteiger partial charge in [-0.05, 0) is 64.1 Å². The molecule has 3 rings (SSSR count). The van der Waals surface area contributed by atoms with E-state index < -0.39 is 0 Å². The summed E-state index contributed by atoms with van der Waals surface area (Å²) in [7, 11) is 1.65. The van der Waals surface area contributed by atoms with Gasteiger partial charge in [0.15, 0.2) is 5.75 Å². The zero-order chi connectivity index (χ0) is 18.8. The molecule has 3 nitrogen and oxygen atoms in total. The van der Waals surface area contributed by atoms with E-state index in [9.17, 15) is 4.79 Å². The van der Waals surface area contributed by atoms with Crippen LogP contribution >= 0.6 is 69.8 Å². The molecule has 0 saturated carbocycles. The van der Waals surface area contributed by atoms with E-state index in [1.54, 1.807) is 25.3 Å². The third-order valence-electron chi connectivity index (χ3n) is 3.60. The molecular weight excluding hydrogens is 524 g/mol. The Morgan fingerprint density at radius 2 is 1.85 bits per heavy atom. The van der Waals surface area contributed by atoms with E-state index in [0.717, 1.165) is 14.7 Å². The largest absolute Gasteiger partial charge is 0.486 e. The lowest BCUT2D eigenvalue weighted by Crippen LogP contribution is -2.22. The van der Waals surface area contributed by atoms with Gasteiger partial charge in [-0.2, -0.15) is 0 Å². The van der Waals surface area contributed by atoms with Crippen LogP contribution in [0.25, 0.3) is 6.08 Å². The Morgan fingerprint density at radius 1 is 1.23 bits per heavy atom. The van der Waals surface area contributed by atoms with Gasteiger partial charge in [-0.15, -0.1) is 0 Å². The van der Waals surface area contributed by atoms with Crippen LogP contribution in [0.3, 0.4) is 0 Å². The molecule has 1 amide bonds. The van der Waals surface area contributed by atoms with Crippen LogP contribution in [0.2, 0.25) is 10.0 Å². The minimum Gasteiger partial charge on any atom is -0.486 e. The van der Waals surface area contributed by atoms with Gasteiger partial charge in [0, 0.05) is 10.6 Å². The first kappa shape index (κ1) is 19.9. The van der Waals surface area contributed by atoms with Gasteiger partial charge in [0.25, 0.3) is 5.91 Å². The summed E-state index contributed by atoms with van der Waals surface area (Å²) in [5.41, 5.74) is 1.74. The fourth-order valence-electron chi connectivity index (χ4n) is 2.23. The summed E-state index contributed by atoms with van der Waals surface area (Å²) in [4.78, 5) is 14.1. The van der Waals surface area contributed by atoms with Crippen molar-refractivity contribution in [2.75, 3.05) is 7.05 Å². The van der Waals surface area contributed by atoms with Crippen LogP contribution < -0.4 is 4.74 Å². The number of benzene rings is 2. The Morgan fingerprint density at radius 3 is 2.38 bits per heavy atom. The highest BCUT2D eigenvalue weighted by Gasteiger charge is 2.28. The minimum atomic E-state index is -0.133. The number of hydrogen-bond donors (Lipinski definition) is 0. The molecule has 2 aromatic rings. The predicted molar refractivity (Wildman–Crippen MR) is 121 cm³/mol. The number of halogens is 3. The molecule has 0 radical (unpaired) electrons. The molecule has 0 aliphatic carbocycles. The molecule has 134 valence electrons. The predicted octanol–water partition coefficient (Wildman–Crippen LogP) is 6.01. The van der Waals surface area contributed by atoms with Gasteiger partial charge in [0.05, 0.1) is 15.0 Å². The Balaban J connectivity index is 1.79. The summed E-state index contributed by atoms with van der Waals surface area (Å²) in [6, 6.07) is 11.4. The number of amides is 1. The maximum atomic E-state index is 12.1. The molecule has 1 heterocycles. The van der Waals surface area contributed by atoms with Crippen molar-refractivity contribution in [3.05, 3.63) is 66.0 Å². The highest BCUT2D eigenvalue weighted by Crippen LogP contribution is 2.37. The molecule has 0 spiro atoms. The van der Waals surface area contributed by atoms with E-state index in [4.69, 9.17) is 40.2 Å². The van der Waals surface area contributed by atoms with Crippen LogP contribution in [0.15, 0.2) is 41.3 Å². The highest BCUT2D eigenvalue weighted by molar-refractivity contribution is 14.1. The maximum absolute atomic E-state index is 12.1. The standard InChI is InChI=1S/C18H12Cl2INO2S2/c1-22-17(23)15(26-18(22)25)8-11-6-13(19)16(14(20)7-11)24-9-10-2-4-12(21)5-3-10/h2-8H,9H2,1H3/b15-8-. The van der Waals surface area contributed by atoms with Crippen LogP contribution in [0.1, 0.15) is 11.1 Å². The van der Waals surface area contributed by atoms with E-state index in [1.807, 2.05) is 24.3 Å². The maximum Gasteiger partial charge on any atom is 0.265 e. The van der Waals surface area contributed by atoms with Gasteiger partial charge in [-0.1, -0.05) is 59.3 Å². The van der Waals surface area contributed by atoms with Gasteiger partial charge in [0.2, 0.25) is 0 Å². The van der Waals surface area contributed by atoms with Gasteiger partial charge in [-0.3, -0.25) is 9.69 Å². The number of ether oxygens (including phenoxy) is 1. The quantitative estimate of drug-likeness (QED) is 0.272. The lowest BCUT2D eigenvalue weighted by Gasteiger charge is -2.11. The molecule has 0 aromatic heterocycles. The van der Waals surface area contributed by atoms with E-state index in [0.29, 0.717) is 31.6 Å². The average Bonchev–Trinajstić information content (AvgIpc) is 2.83. The van der Waals surface area contributed by atoms with Crippen molar-refractivity contribution in [2.45, 2.75) is 6.61 Å². The van der Waals surface area contributed by atoms with Crippen LogP contribution in [0, 0.1) is 3.57 Å². The number of rotatable bonds is 4. The first-order valence-electron chi connectivity index (χ1n) is 7.43. The zero-order valence-corrected chi connectivity index (χ0v) is 18.8. The Kier molecular flexibility index (Phi) is 6.50. The molecule has 1 fully saturated rings. The molecule has 1 aliphatic rings. The summed E-state index contributed by atoms with van der Waals surface area (Å²) in [6.07, 6.45) is 1.73. The molecule has 2 aromatic carbocycles. The molecule has 1 aliphatic heterocycles. The first-order chi connectivity index (χ1) is 12.3. The van der Waals surface area contributed by atoms with Crippen molar-refractivity contribution in [1.82, 2.24) is 4.90 Å². The summed E-state index contributed by atoms with van der Waals surface area (Å²) >= 11 is 21.3. The highest BCUT2D eigenvalue weighted by atomic mass is 127. The van der Waals surface area contributed by atoms with Crippen LogP contribution in [-0.4, -0.2) is 22.2 Å². The van der Waals surface area contributed by atoms with Crippen molar-refractivity contribution in [1.29, 1.82) is 0 Å². The van der Waals surface area contributed by atoms with Gasteiger partial charge in [-0.25, -0.2) is 0 Å². The molecule has 0 N–H and O–H groups in total. The number of likely N-dealkylation sites (N-methyl/N-ethyl adjacent to an activating group) is 1.